The van der Waals surface area contributed by atoms with Crippen LogP contribution < -0.4 is 5.73 Å². The Morgan fingerprint density at radius 2 is 1.74 bits per heavy atom. The lowest BCUT2D eigenvalue weighted by molar-refractivity contribution is 1.12. The molecule has 0 unspecified atom stereocenters. The molecule has 3 nitrogen and oxygen atoms in total. The Labute approximate surface area is 112 Å². The van der Waals surface area contributed by atoms with Gasteiger partial charge in [0.25, 0.3) is 0 Å². The average Bonchev–Trinajstić information content (AvgIpc) is 2.73. The van der Waals surface area contributed by atoms with Gasteiger partial charge in [-0.1, -0.05) is 29.8 Å². The molecule has 0 atom stereocenters. The van der Waals surface area contributed by atoms with Gasteiger partial charge in [-0.05, 0) is 38.0 Å². The van der Waals surface area contributed by atoms with E-state index < -0.39 is 0 Å². The van der Waals surface area contributed by atoms with Gasteiger partial charge in [-0.25, -0.2) is 0 Å². The first-order chi connectivity index (χ1) is 9.08. The van der Waals surface area contributed by atoms with E-state index in [1.165, 1.54) is 22.3 Å². The van der Waals surface area contributed by atoms with Crippen molar-refractivity contribution in [3.8, 4) is 11.3 Å². The third-order valence-corrected chi connectivity index (χ3v) is 3.55. The van der Waals surface area contributed by atoms with Crippen molar-refractivity contribution < 1.29 is 0 Å². The fourth-order valence-corrected chi connectivity index (χ4v) is 2.81. The van der Waals surface area contributed by atoms with Crippen LogP contribution in [0, 0.1) is 20.8 Å². The molecule has 0 aliphatic carbocycles. The minimum absolute atomic E-state index is 0.735. The average molecular weight is 251 g/mol. The van der Waals surface area contributed by atoms with Crippen molar-refractivity contribution in [2.45, 2.75) is 20.8 Å². The largest absolute Gasteiger partial charge is 0.397 e. The second kappa shape index (κ2) is 4.12. The molecule has 3 rings (SSSR count). The number of aromatic nitrogens is 2. The Kier molecular flexibility index (Phi) is 2.56. The summed E-state index contributed by atoms with van der Waals surface area (Å²) in [6, 6.07) is 10.3. The molecule has 3 N–H and O–H groups in total. The number of H-pyrrole nitrogens is 1. The van der Waals surface area contributed by atoms with Gasteiger partial charge in [0, 0.05) is 10.9 Å². The number of nitrogens with one attached hydrogen (secondary N) is 1. The molecule has 1 aromatic heterocycles. The predicted octanol–water partition coefficient (Wildman–Crippen LogP) is 3.74. The zero-order valence-electron chi connectivity index (χ0n) is 11.4. The number of aromatic amines is 1. The van der Waals surface area contributed by atoms with E-state index in [1.54, 1.807) is 0 Å². The van der Waals surface area contributed by atoms with Crippen LogP contribution in [0.3, 0.4) is 0 Å². The molecular weight excluding hydrogens is 234 g/mol. The second-order valence-electron chi connectivity index (χ2n) is 5.12. The number of fused-ring (bicyclic) bond motifs is 1. The summed E-state index contributed by atoms with van der Waals surface area (Å²) >= 11 is 0. The summed E-state index contributed by atoms with van der Waals surface area (Å²) in [6.45, 7) is 6.37. The van der Waals surface area contributed by atoms with E-state index in [2.05, 4.69) is 49.2 Å². The summed E-state index contributed by atoms with van der Waals surface area (Å²) < 4.78 is 0. The molecule has 0 aliphatic heterocycles. The van der Waals surface area contributed by atoms with Gasteiger partial charge in [-0.2, -0.15) is 5.10 Å². The van der Waals surface area contributed by atoms with Crippen molar-refractivity contribution in [3.05, 3.63) is 47.0 Å². The molecule has 96 valence electrons. The summed E-state index contributed by atoms with van der Waals surface area (Å²) in [5.41, 5.74) is 13.6. The molecule has 0 saturated carbocycles. The van der Waals surface area contributed by atoms with Gasteiger partial charge in [0.15, 0.2) is 0 Å². The first-order valence-electron chi connectivity index (χ1n) is 6.38. The van der Waals surface area contributed by atoms with Crippen LogP contribution in [0.1, 0.15) is 16.7 Å². The van der Waals surface area contributed by atoms with Crippen LogP contribution in [0.25, 0.3) is 22.2 Å². The number of nitrogens with two attached hydrogens (primary N) is 1. The molecule has 2 aromatic carbocycles. The van der Waals surface area contributed by atoms with Crippen LogP contribution in [-0.2, 0) is 0 Å². The maximum absolute atomic E-state index is 5.98. The molecule has 3 heteroatoms. The molecule has 1 heterocycles. The van der Waals surface area contributed by atoms with Crippen LogP contribution in [-0.4, -0.2) is 10.2 Å². The standard InChI is InChI=1S/C16H17N3/c1-9-7-10(2)14(11(3)8-9)16-12-5-4-6-13(17)15(12)18-19-16/h4-8H,17H2,1-3H3,(H,18,19). The SMILES string of the molecule is Cc1cc(C)c(-c2n[nH]c3c(N)cccc23)c(C)c1. The van der Waals surface area contributed by atoms with Gasteiger partial charge in [0.05, 0.1) is 11.2 Å². The highest BCUT2D eigenvalue weighted by Gasteiger charge is 2.14. The molecule has 19 heavy (non-hydrogen) atoms. The van der Waals surface area contributed by atoms with Crippen LogP contribution in [0.2, 0.25) is 0 Å². The Bertz CT molecular complexity index is 746. The lowest BCUT2D eigenvalue weighted by atomic mass is 9.95. The summed E-state index contributed by atoms with van der Waals surface area (Å²) in [7, 11) is 0. The van der Waals surface area contributed by atoms with E-state index >= 15 is 0 Å². The number of anilines is 1. The second-order valence-corrected chi connectivity index (χ2v) is 5.12. The van der Waals surface area contributed by atoms with E-state index in [0.29, 0.717) is 0 Å². The smallest absolute Gasteiger partial charge is 0.101 e. The predicted molar refractivity (Wildman–Crippen MR) is 80.2 cm³/mol. The third kappa shape index (κ3) is 1.78. The number of hydrogen-bond donors (Lipinski definition) is 2. The fraction of sp³-hybridized carbons (Fsp3) is 0.188. The van der Waals surface area contributed by atoms with Gasteiger partial charge in [-0.3, -0.25) is 5.10 Å². The van der Waals surface area contributed by atoms with Gasteiger partial charge in [0.1, 0.15) is 5.69 Å². The van der Waals surface area contributed by atoms with Crippen LogP contribution >= 0.6 is 0 Å². The lowest BCUT2D eigenvalue weighted by Crippen LogP contribution is -1.91. The Balaban J connectivity index is 2.34. The van der Waals surface area contributed by atoms with Gasteiger partial charge in [0.2, 0.25) is 0 Å². The molecule has 3 aromatic rings. The Hall–Kier alpha value is -2.29. The van der Waals surface area contributed by atoms with E-state index in [1.807, 2.05) is 12.1 Å². The third-order valence-electron chi connectivity index (χ3n) is 3.55. The van der Waals surface area contributed by atoms with Crippen molar-refractivity contribution in [3.63, 3.8) is 0 Å². The highest BCUT2D eigenvalue weighted by Crippen LogP contribution is 2.33. The highest BCUT2D eigenvalue weighted by atomic mass is 15.1. The van der Waals surface area contributed by atoms with Gasteiger partial charge < -0.3 is 5.73 Å². The number of nitrogens with zero attached hydrogens (tertiary/aromatic N) is 1. The van der Waals surface area contributed by atoms with Crippen molar-refractivity contribution >= 4 is 16.6 Å². The van der Waals surface area contributed by atoms with Crippen molar-refractivity contribution in [2.75, 3.05) is 5.73 Å². The zero-order valence-corrected chi connectivity index (χ0v) is 11.4. The zero-order chi connectivity index (χ0) is 13.6. The van der Waals surface area contributed by atoms with E-state index in [4.69, 9.17) is 5.73 Å². The monoisotopic (exact) mass is 251 g/mol. The number of para-hydroxylation sites is 1. The van der Waals surface area contributed by atoms with Crippen LogP contribution in [0.5, 0.6) is 0 Å². The Morgan fingerprint density at radius 1 is 1.05 bits per heavy atom. The van der Waals surface area contributed by atoms with E-state index in [-0.39, 0.29) is 0 Å². The van der Waals surface area contributed by atoms with Crippen LogP contribution in [0.15, 0.2) is 30.3 Å². The molecule has 0 radical (unpaired) electrons. The summed E-state index contributed by atoms with van der Waals surface area (Å²) in [6.07, 6.45) is 0. The topological polar surface area (TPSA) is 54.7 Å². The normalized spacial score (nSPS) is 11.1. The van der Waals surface area contributed by atoms with Crippen molar-refractivity contribution in [2.24, 2.45) is 0 Å². The van der Waals surface area contributed by atoms with E-state index in [0.717, 1.165) is 22.3 Å². The molecule has 0 spiro atoms. The van der Waals surface area contributed by atoms with E-state index in [9.17, 15) is 0 Å². The maximum Gasteiger partial charge on any atom is 0.101 e. The maximum atomic E-state index is 5.98. The molecule has 0 aliphatic rings. The number of rotatable bonds is 1. The minimum Gasteiger partial charge on any atom is -0.397 e. The van der Waals surface area contributed by atoms with Crippen LogP contribution in [0.4, 0.5) is 5.69 Å². The summed E-state index contributed by atoms with van der Waals surface area (Å²) in [5.74, 6) is 0. The lowest BCUT2D eigenvalue weighted by Gasteiger charge is -2.09. The summed E-state index contributed by atoms with van der Waals surface area (Å²) in [5, 5.41) is 8.60. The van der Waals surface area contributed by atoms with Gasteiger partial charge >= 0.3 is 0 Å². The quantitative estimate of drug-likeness (QED) is 0.647. The molecular formula is C16H17N3. The van der Waals surface area contributed by atoms with Crippen molar-refractivity contribution in [1.29, 1.82) is 0 Å². The number of aryl methyl sites for hydroxylation is 3. The highest BCUT2D eigenvalue weighted by molar-refractivity contribution is 5.99. The number of nitrogen functional groups attached to an aromatic ring is 1. The molecule has 0 bridgehead atoms. The first kappa shape index (κ1) is 11.8. The molecule has 0 amide bonds. The number of hydrogen-bond acceptors (Lipinski definition) is 2. The number of benzene rings is 2. The van der Waals surface area contributed by atoms with Gasteiger partial charge in [-0.15, -0.1) is 0 Å². The fourth-order valence-electron chi connectivity index (χ4n) is 2.81. The molecule has 0 saturated heterocycles. The minimum atomic E-state index is 0.735. The molecule has 0 fully saturated rings. The Morgan fingerprint density at radius 3 is 2.42 bits per heavy atom. The first-order valence-corrected chi connectivity index (χ1v) is 6.38. The van der Waals surface area contributed by atoms with Crippen molar-refractivity contribution in [1.82, 2.24) is 10.2 Å². The summed E-state index contributed by atoms with van der Waals surface area (Å²) in [4.78, 5) is 0.